The first-order valence-corrected chi connectivity index (χ1v) is 3.82. The van der Waals surface area contributed by atoms with Gasteiger partial charge in [-0.2, -0.15) is 0 Å². The van der Waals surface area contributed by atoms with E-state index in [1.807, 2.05) is 12.2 Å². The third-order valence-electron chi connectivity index (χ3n) is 1.81. The molecule has 2 N–H and O–H groups in total. The van der Waals surface area contributed by atoms with Crippen molar-refractivity contribution in [3.63, 3.8) is 0 Å². The average molecular weight is 155 g/mol. The predicted octanol–water partition coefficient (Wildman–Crippen LogP) is 0.407. The second kappa shape index (κ2) is 3.53. The van der Waals surface area contributed by atoms with Gasteiger partial charge < -0.3 is 10.4 Å². The van der Waals surface area contributed by atoms with Crippen molar-refractivity contribution in [2.24, 2.45) is 5.92 Å². The zero-order valence-corrected chi connectivity index (χ0v) is 6.58. The van der Waals surface area contributed by atoms with E-state index in [9.17, 15) is 9.90 Å². The van der Waals surface area contributed by atoms with Crippen LogP contribution >= 0.6 is 0 Å². The first-order valence-electron chi connectivity index (χ1n) is 3.82. The Balaban J connectivity index is 2.34. The minimum absolute atomic E-state index is 0.110. The minimum Gasteiger partial charge on any atom is -0.373 e. The Bertz CT molecular complexity index is 177. The van der Waals surface area contributed by atoms with Crippen LogP contribution in [0.4, 0.5) is 0 Å². The fourth-order valence-corrected chi connectivity index (χ4v) is 1.23. The molecule has 0 aromatic rings. The summed E-state index contributed by atoms with van der Waals surface area (Å²) in [6.07, 6.45) is 5.20. The van der Waals surface area contributed by atoms with Crippen LogP contribution in [0.15, 0.2) is 12.2 Å². The van der Waals surface area contributed by atoms with Crippen molar-refractivity contribution in [1.29, 1.82) is 0 Å². The van der Waals surface area contributed by atoms with Gasteiger partial charge >= 0.3 is 0 Å². The molecule has 11 heavy (non-hydrogen) atoms. The number of hydrogen-bond acceptors (Lipinski definition) is 2. The molecule has 2 unspecified atom stereocenters. The second-order valence-corrected chi connectivity index (χ2v) is 2.81. The van der Waals surface area contributed by atoms with Crippen molar-refractivity contribution in [2.45, 2.75) is 26.0 Å². The number of aliphatic hydroxyl groups is 1. The van der Waals surface area contributed by atoms with Crippen LogP contribution in [0.3, 0.4) is 0 Å². The van der Waals surface area contributed by atoms with Crippen LogP contribution in [-0.2, 0) is 4.79 Å². The van der Waals surface area contributed by atoms with E-state index in [1.54, 1.807) is 0 Å². The summed E-state index contributed by atoms with van der Waals surface area (Å²) in [7, 11) is 0. The molecular formula is C8H13NO2. The third-order valence-corrected chi connectivity index (χ3v) is 1.81. The Labute approximate surface area is 66.1 Å². The normalized spacial score (nSPS) is 25.1. The number of carbonyl (C=O) groups excluding carboxylic acids is 1. The van der Waals surface area contributed by atoms with Crippen LogP contribution in [0.25, 0.3) is 0 Å². The lowest BCUT2D eigenvalue weighted by molar-refractivity contribution is -0.122. The van der Waals surface area contributed by atoms with Gasteiger partial charge in [-0.25, -0.2) is 0 Å². The van der Waals surface area contributed by atoms with Gasteiger partial charge in [0, 0.05) is 12.8 Å². The van der Waals surface area contributed by atoms with Crippen LogP contribution in [0, 0.1) is 5.92 Å². The Morgan fingerprint density at radius 1 is 1.82 bits per heavy atom. The topological polar surface area (TPSA) is 49.3 Å². The van der Waals surface area contributed by atoms with Gasteiger partial charge in [-0.05, 0) is 12.8 Å². The number of nitrogens with one attached hydrogen (secondary N) is 1. The molecule has 1 amide bonds. The van der Waals surface area contributed by atoms with Crippen LogP contribution in [0.1, 0.15) is 19.8 Å². The van der Waals surface area contributed by atoms with E-state index in [1.165, 1.54) is 6.92 Å². The van der Waals surface area contributed by atoms with Crippen LogP contribution in [0.2, 0.25) is 0 Å². The van der Waals surface area contributed by atoms with Crippen molar-refractivity contribution in [3.8, 4) is 0 Å². The van der Waals surface area contributed by atoms with Gasteiger partial charge in [0.15, 0.2) is 0 Å². The Kier molecular flexibility index (Phi) is 2.65. The van der Waals surface area contributed by atoms with Gasteiger partial charge in [-0.15, -0.1) is 0 Å². The maximum absolute atomic E-state index is 10.5. The molecule has 0 aromatic heterocycles. The maximum Gasteiger partial charge on any atom is 0.218 e. The molecule has 1 aliphatic carbocycles. The molecule has 3 nitrogen and oxygen atoms in total. The molecule has 0 heterocycles. The van der Waals surface area contributed by atoms with Gasteiger partial charge in [0.2, 0.25) is 5.91 Å². The standard InChI is InChI=1S/C8H13NO2/c1-6(10)9-8(11)7-4-2-3-5-7/h2,4,7-8,11H,3,5H2,1H3,(H,9,10). The molecule has 62 valence electrons. The SMILES string of the molecule is CC(=O)NC(O)C1C=CCC1. The lowest BCUT2D eigenvalue weighted by Crippen LogP contribution is -2.37. The lowest BCUT2D eigenvalue weighted by atomic mass is 10.1. The molecule has 0 aromatic carbocycles. The highest BCUT2D eigenvalue weighted by Gasteiger charge is 2.18. The van der Waals surface area contributed by atoms with Crippen molar-refractivity contribution in [3.05, 3.63) is 12.2 Å². The molecule has 0 fully saturated rings. The summed E-state index contributed by atoms with van der Waals surface area (Å²) in [6, 6.07) is 0. The summed E-state index contributed by atoms with van der Waals surface area (Å²) in [5.74, 6) is -0.0725. The molecule has 0 aliphatic heterocycles. The number of carbonyl (C=O) groups is 1. The molecular weight excluding hydrogens is 142 g/mol. The summed E-state index contributed by atoms with van der Waals surface area (Å²) in [6.45, 7) is 1.40. The Morgan fingerprint density at radius 3 is 3.00 bits per heavy atom. The summed E-state index contributed by atoms with van der Waals surface area (Å²) >= 11 is 0. The zero-order valence-electron chi connectivity index (χ0n) is 6.58. The fraction of sp³-hybridized carbons (Fsp3) is 0.625. The van der Waals surface area contributed by atoms with Crippen molar-refractivity contribution < 1.29 is 9.90 Å². The van der Waals surface area contributed by atoms with Gasteiger partial charge in [-0.3, -0.25) is 4.79 Å². The molecule has 0 saturated heterocycles. The highest BCUT2D eigenvalue weighted by atomic mass is 16.3. The number of hydrogen-bond donors (Lipinski definition) is 2. The highest BCUT2D eigenvalue weighted by molar-refractivity contribution is 5.73. The van der Waals surface area contributed by atoms with E-state index in [2.05, 4.69) is 5.32 Å². The number of allylic oxidation sites excluding steroid dienone is 1. The Hall–Kier alpha value is -0.830. The molecule has 3 heteroatoms. The summed E-state index contributed by atoms with van der Waals surface area (Å²) < 4.78 is 0. The van der Waals surface area contributed by atoms with Crippen molar-refractivity contribution in [1.82, 2.24) is 5.32 Å². The van der Waals surface area contributed by atoms with E-state index >= 15 is 0 Å². The molecule has 0 bridgehead atoms. The van der Waals surface area contributed by atoms with Crippen LogP contribution < -0.4 is 5.32 Å². The molecule has 1 rings (SSSR count). The fourth-order valence-electron chi connectivity index (χ4n) is 1.23. The van der Waals surface area contributed by atoms with Gasteiger partial charge in [0.05, 0.1) is 0 Å². The number of aliphatic hydroxyl groups excluding tert-OH is 1. The lowest BCUT2D eigenvalue weighted by Gasteiger charge is -2.16. The molecule has 0 spiro atoms. The average Bonchev–Trinajstić information content (AvgIpc) is 2.35. The summed E-state index contributed by atoms with van der Waals surface area (Å²) in [5.41, 5.74) is 0. The monoisotopic (exact) mass is 155 g/mol. The van der Waals surface area contributed by atoms with E-state index in [-0.39, 0.29) is 11.8 Å². The minimum atomic E-state index is -0.703. The zero-order chi connectivity index (χ0) is 8.27. The molecule has 1 aliphatic rings. The van der Waals surface area contributed by atoms with E-state index < -0.39 is 6.23 Å². The number of amides is 1. The highest BCUT2D eigenvalue weighted by Crippen LogP contribution is 2.18. The first-order chi connectivity index (χ1) is 5.20. The number of rotatable bonds is 2. The summed E-state index contributed by atoms with van der Waals surface area (Å²) in [5, 5.41) is 11.8. The quantitative estimate of drug-likeness (QED) is 0.448. The van der Waals surface area contributed by atoms with Crippen LogP contribution in [0.5, 0.6) is 0 Å². The smallest absolute Gasteiger partial charge is 0.218 e. The summed E-state index contributed by atoms with van der Waals surface area (Å²) in [4.78, 5) is 10.5. The van der Waals surface area contributed by atoms with E-state index in [0.29, 0.717) is 0 Å². The van der Waals surface area contributed by atoms with Gasteiger partial charge in [0.1, 0.15) is 6.23 Å². The molecule has 2 atom stereocenters. The second-order valence-electron chi connectivity index (χ2n) is 2.81. The van der Waals surface area contributed by atoms with Crippen molar-refractivity contribution in [2.75, 3.05) is 0 Å². The third kappa shape index (κ3) is 2.35. The largest absolute Gasteiger partial charge is 0.373 e. The van der Waals surface area contributed by atoms with E-state index in [4.69, 9.17) is 0 Å². The maximum atomic E-state index is 10.5. The molecule has 0 radical (unpaired) electrons. The van der Waals surface area contributed by atoms with Crippen LogP contribution in [-0.4, -0.2) is 17.2 Å². The Morgan fingerprint density at radius 2 is 2.55 bits per heavy atom. The van der Waals surface area contributed by atoms with E-state index in [0.717, 1.165) is 12.8 Å². The first kappa shape index (κ1) is 8.27. The van der Waals surface area contributed by atoms with Gasteiger partial charge in [-0.1, -0.05) is 12.2 Å². The molecule has 0 saturated carbocycles. The van der Waals surface area contributed by atoms with Gasteiger partial charge in [0.25, 0.3) is 0 Å². The predicted molar refractivity (Wildman–Crippen MR) is 41.7 cm³/mol. The van der Waals surface area contributed by atoms with Crippen molar-refractivity contribution >= 4 is 5.91 Å².